The van der Waals surface area contributed by atoms with Crippen molar-refractivity contribution < 1.29 is 8.42 Å². The molecule has 0 heterocycles. The topological polar surface area (TPSA) is 34.1 Å². The van der Waals surface area contributed by atoms with Crippen LogP contribution in [0, 0.1) is 5.92 Å². The number of hydrogen-bond donors (Lipinski definition) is 0. The lowest BCUT2D eigenvalue weighted by Gasteiger charge is -2.12. The summed E-state index contributed by atoms with van der Waals surface area (Å²) in [5, 5.41) is 1.39. The second-order valence-electron chi connectivity index (χ2n) is 4.59. The lowest BCUT2D eigenvalue weighted by molar-refractivity contribution is 0.627. The van der Waals surface area contributed by atoms with Crippen LogP contribution in [-0.2, 0) is 10.3 Å². The van der Waals surface area contributed by atoms with Crippen molar-refractivity contribution in [3.63, 3.8) is 0 Å². The number of rotatable bonds is 2. The third-order valence-electron chi connectivity index (χ3n) is 3.67. The van der Waals surface area contributed by atoms with Gasteiger partial charge in [-0.05, 0) is 43.1 Å². The molecule has 0 spiro atoms. The standard InChI is InChI=1S/C15H16O2S/c1-10-11(2)14(9-18(16)17)15(12(10)3)13-7-5-4-6-8-13/h4-9,14H,1-3H3. The van der Waals surface area contributed by atoms with Gasteiger partial charge in [0, 0.05) is 11.3 Å². The minimum absolute atomic E-state index is 0.120. The third-order valence-corrected chi connectivity index (χ3v) is 4.16. The van der Waals surface area contributed by atoms with Gasteiger partial charge in [0.2, 0.25) is 10.3 Å². The summed E-state index contributed by atoms with van der Waals surface area (Å²) in [5.41, 5.74) is 5.70. The Balaban J connectivity index is 2.62. The molecular weight excluding hydrogens is 244 g/mol. The minimum atomic E-state index is -2.14. The lowest BCUT2D eigenvalue weighted by Crippen LogP contribution is -2.04. The maximum atomic E-state index is 11.0. The molecule has 1 aliphatic carbocycles. The molecule has 0 aromatic heterocycles. The van der Waals surface area contributed by atoms with Crippen molar-refractivity contribution in [3.05, 3.63) is 52.6 Å². The average Bonchev–Trinajstić information content (AvgIpc) is 2.55. The zero-order valence-electron chi connectivity index (χ0n) is 10.8. The van der Waals surface area contributed by atoms with Crippen molar-refractivity contribution in [2.45, 2.75) is 20.8 Å². The van der Waals surface area contributed by atoms with E-state index in [9.17, 15) is 8.42 Å². The molecule has 0 fully saturated rings. The van der Waals surface area contributed by atoms with E-state index in [-0.39, 0.29) is 5.92 Å². The summed E-state index contributed by atoms with van der Waals surface area (Å²) in [6.07, 6.45) is 0. The van der Waals surface area contributed by atoms with Gasteiger partial charge in [0.25, 0.3) is 0 Å². The fraction of sp³-hybridized carbons (Fsp3) is 0.267. The van der Waals surface area contributed by atoms with Crippen molar-refractivity contribution >= 4 is 21.2 Å². The Hall–Kier alpha value is -1.61. The molecule has 3 heteroatoms. The minimum Gasteiger partial charge on any atom is -0.185 e. The summed E-state index contributed by atoms with van der Waals surface area (Å²) in [5.74, 6) is -0.120. The normalized spacial score (nSPS) is 19.4. The Morgan fingerprint density at radius 3 is 2.17 bits per heavy atom. The van der Waals surface area contributed by atoms with E-state index in [2.05, 4.69) is 13.8 Å². The van der Waals surface area contributed by atoms with Crippen LogP contribution in [0.15, 0.2) is 47.1 Å². The van der Waals surface area contributed by atoms with Crippen LogP contribution in [0.1, 0.15) is 26.3 Å². The Morgan fingerprint density at radius 1 is 1.00 bits per heavy atom. The van der Waals surface area contributed by atoms with E-state index in [1.165, 1.54) is 16.5 Å². The Morgan fingerprint density at radius 2 is 1.61 bits per heavy atom. The van der Waals surface area contributed by atoms with Crippen LogP contribution in [0.3, 0.4) is 0 Å². The van der Waals surface area contributed by atoms with Gasteiger partial charge in [-0.2, -0.15) is 8.42 Å². The largest absolute Gasteiger partial charge is 0.210 e. The maximum absolute atomic E-state index is 11.0. The highest BCUT2D eigenvalue weighted by Crippen LogP contribution is 2.41. The number of allylic oxidation sites excluding steroid dienone is 4. The first kappa shape index (κ1) is 12.8. The molecule has 0 aliphatic heterocycles. The number of hydrogen-bond acceptors (Lipinski definition) is 2. The molecule has 0 bridgehead atoms. The molecular formula is C15H16O2S. The van der Waals surface area contributed by atoms with Crippen molar-refractivity contribution in [1.82, 2.24) is 0 Å². The molecule has 1 unspecified atom stereocenters. The zero-order chi connectivity index (χ0) is 13.3. The van der Waals surface area contributed by atoms with Crippen molar-refractivity contribution in [2.24, 2.45) is 5.92 Å². The van der Waals surface area contributed by atoms with Gasteiger partial charge in [-0.1, -0.05) is 35.9 Å². The number of benzene rings is 1. The van der Waals surface area contributed by atoms with E-state index < -0.39 is 10.3 Å². The smallest absolute Gasteiger partial charge is 0.185 e. The van der Waals surface area contributed by atoms with Gasteiger partial charge in [-0.3, -0.25) is 0 Å². The summed E-state index contributed by atoms with van der Waals surface area (Å²) < 4.78 is 22.0. The van der Waals surface area contributed by atoms with Gasteiger partial charge in [0.05, 0.1) is 0 Å². The predicted octanol–water partition coefficient (Wildman–Crippen LogP) is 3.11. The van der Waals surface area contributed by atoms with E-state index in [0.29, 0.717) is 0 Å². The first-order chi connectivity index (χ1) is 8.52. The fourth-order valence-electron chi connectivity index (χ4n) is 2.48. The highest BCUT2D eigenvalue weighted by atomic mass is 32.2. The quantitative estimate of drug-likeness (QED) is 0.766. The van der Waals surface area contributed by atoms with Crippen LogP contribution in [0.25, 0.3) is 5.57 Å². The molecule has 0 amide bonds. The second kappa shape index (κ2) is 4.94. The molecule has 0 N–H and O–H groups in total. The second-order valence-corrected chi connectivity index (χ2v) is 5.38. The monoisotopic (exact) mass is 260 g/mol. The first-order valence-corrected chi connectivity index (χ1v) is 7.03. The maximum Gasteiger partial charge on any atom is 0.210 e. The van der Waals surface area contributed by atoms with E-state index >= 15 is 0 Å². The molecule has 2 nitrogen and oxygen atoms in total. The van der Waals surface area contributed by atoms with Crippen molar-refractivity contribution in [2.75, 3.05) is 0 Å². The molecule has 0 saturated carbocycles. The van der Waals surface area contributed by atoms with E-state index in [1.54, 1.807) is 0 Å². The van der Waals surface area contributed by atoms with Gasteiger partial charge in [0.15, 0.2) is 0 Å². The van der Waals surface area contributed by atoms with Crippen LogP contribution in [-0.4, -0.2) is 13.8 Å². The van der Waals surface area contributed by atoms with Crippen molar-refractivity contribution in [3.8, 4) is 0 Å². The third kappa shape index (κ3) is 2.18. The van der Waals surface area contributed by atoms with Gasteiger partial charge in [-0.25, -0.2) is 0 Å². The van der Waals surface area contributed by atoms with E-state index in [1.807, 2.05) is 37.3 Å². The Bertz CT molecular complexity index is 654. The fourth-order valence-corrected chi connectivity index (χ4v) is 3.04. The van der Waals surface area contributed by atoms with E-state index in [0.717, 1.165) is 16.7 Å². The van der Waals surface area contributed by atoms with Gasteiger partial charge in [0.1, 0.15) is 0 Å². The summed E-state index contributed by atoms with van der Waals surface area (Å²) in [6.45, 7) is 6.11. The van der Waals surface area contributed by atoms with Crippen molar-refractivity contribution in [1.29, 1.82) is 0 Å². The molecule has 2 rings (SSSR count). The highest BCUT2D eigenvalue weighted by molar-refractivity contribution is 7.71. The Kier molecular flexibility index (Phi) is 3.53. The van der Waals surface area contributed by atoms with Crippen LogP contribution < -0.4 is 0 Å². The molecule has 1 atom stereocenters. The van der Waals surface area contributed by atoms with Crippen LogP contribution >= 0.6 is 0 Å². The summed E-state index contributed by atoms with van der Waals surface area (Å²) in [6, 6.07) is 9.97. The van der Waals surface area contributed by atoms with Crippen LogP contribution in [0.4, 0.5) is 0 Å². The van der Waals surface area contributed by atoms with Gasteiger partial charge < -0.3 is 0 Å². The zero-order valence-corrected chi connectivity index (χ0v) is 11.6. The first-order valence-electron chi connectivity index (χ1n) is 5.89. The molecule has 1 aliphatic rings. The molecule has 0 radical (unpaired) electrons. The average molecular weight is 260 g/mol. The molecule has 0 saturated heterocycles. The summed E-state index contributed by atoms with van der Waals surface area (Å²) >= 11 is 0. The van der Waals surface area contributed by atoms with Crippen LogP contribution in [0.2, 0.25) is 0 Å². The lowest BCUT2D eigenvalue weighted by atomic mass is 9.92. The highest BCUT2D eigenvalue weighted by Gasteiger charge is 2.27. The molecule has 1 aromatic rings. The molecule has 94 valence electrons. The SMILES string of the molecule is CC1=C(C)C(C=S(=O)=O)C(c2ccccc2)=C1C. The molecule has 1 aromatic carbocycles. The molecule has 18 heavy (non-hydrogen) atoms. The predicted molar refractivity (Wildman–Crippen MR) is 75.9 cm³/mol. The van der Waals surface area contributed by atoms with Gasteiger partial charge in [-0.15, -0.1) is 0 Å². The van der Waals surface area contributed by atoms with Gasteiger partial charge >= 0.3 is 0 Å². The van der Waals surface area contributed by atoms with E-state index in [4.69, 9.17) is 0 Å². The summed E-state index contributed by atoms with van der Waals surface area (Å²) in [7, 11) is -2.14. The Labute approximate surface area is 109 Å². The summed E-state index contributed by atoms with van der Waals surface area (Å²) in [4.78, 5) is 0. The van der Waals surface area contributed by atoms with Crippen LogP contribution in [0.5, 0.6) is 0 Å².